The summed E-state index contributed by atoms with van der Waals surface area (Å²) in [7, 11) is 0. The van der Waals surface area contributed by atoms with E-state index in [-0.39, 0.29) is 11.5 Å². The van der Waals surface area contributed by atoms with Crippen LogP contribution in [-0.4, -0.2) is 26.4 Å². The van der Waals surface area contributed by atoms with Gasteiger partial charge >= 0.3 is 6.18 Å². The molecule has 5 aromatic rings. The lowest BCUT2D eigenvalue weighted by molar-refractivity contribution is -0.137. The van der Waals surface area contributed by atoms with Gasteiger partial charge in [0, 0.05) is 11.9 Å². The van der Waals surface area contributed by atoms with Gasteiger partial charge in [-0.15, -0.1) is 0 Å². The van der Waals surface area contributed by atoms with Crippen LogP contribution in [0.2, 0.25) is 0 Å². The van der Waals surface area contributed by atoms with Crippen molar-refractivity contribution in [3.05, 3.63) is 114 Å². The number of nitrogens with one attached hydrogen (secondary N) is 1. The van der Waals surface area contributed by atoms with Crippen molar-refractivity contribution in [2.24, 2.45) is 9.98 Å². The molecule has 0 radical (unpaired) electrons. The van der Waals surface area contributed by atoms with E-state index in [4.69, 9.17) is 19.5 Å². The largest absolute Gasteiger partial charge is 0.467 e. The zero-order chi connectivity index (χ0) is 27.4. The summed E-state index contributed by atoms with van der Waals surface area (Å²) >= 11 is 0. The zero-order valence-corrected chi connectivity index (χ0v) is 21.0. The summed E-state index contributed by atoms with van der Waals surface area (Å²) in [6.45, 7) is 1.90. The second kappa shape index (κ2) is 8.94. The van der Waals surface area contributed by atoms with Crippen molar-refractivity contribution in [1.82, 2.24) is 14.8 Å². The molecule has 2 aromatic carbocycles. The average Bonchev–Trinajstić information content (AvgIpc) is 3.61. The normalized spacial score (nSPS) is 16.0. The predicted molar refractivity (Wildman–Crippen MR) is 145 cm³/mol. The minimum Gasteiger partial charge on any atom is -0.467 e. The first kappa shape index (κ1) is 23.9. The first-order valence-corrected chi connectivity index (χ1v) is 12.4. The van der Waals surface area contributed by atoms with Crippen LogP contribution in [0.1, 0.15) is 28.6 Å². The first-order chi connectivity index (χ1) is 19.4. The van der Waals surface area contributed by atoms with Crippen molar-refractivity contribution >= 4 is 34.6 Å². The molecule has 0 fully saturated rings. The number of amidine groups is 2. The molecule has 1 N–H and O–H groups in total. The number of aromatic nitrogens is 3. The fourth-order valence-electron chi connectivity index (χ4n) is 5.06. The van der Waals surface area contributed by atoms with Gasteiger partial charge in [-0.05, 0) is 61.5 Å². The highest BCUT2D eigenvalue weighted by molar-refractivity contribution is 6.51. The van der Waals surface area contributed by atoms with Crippen molar-refractivity contribution in [3.8, 4) is 5.82 Å². The average molecular weight is 540 g/mol. The summed E-state index contributed by atoms with van der Waals surface area (Å²) in [6.07, 6.45) is -1.21. The number of hydrogen-bond donors (Lipinski definition) is 1. The minimum absolute atomic E-state index is 0.227. The van der Waals surface area contributed by atoms with E-state index < -0.39 is 17.8 Å². The highest BCUT2D eigenvalue weighted by Gasteiger charge is 2.43. The van der Waals surface area contributed by atoms with Gasteiger partial charge in [0.2, 0.25) is 0 Å². The summed E-state index contributed by atoms with van der Waals surface area (Å²) in [5.41, 5.74) is 2.41. The first-order valence-electron chi connectivity index (χ1n) is 12.4. The number of alkyl halides is 3. The van der Waals surface area contributed by atoms with Crippen LogP contribution in [0.3, 0.4) is 0 Å². The van der Waals surface area contributed by atoms with Crippen LogP contribution in [0.15, 0.2) is 106 Å². The molecule has 11 heteroatoms. The Balaban J connectivity index is 1.46. The molecule has 40 heavy (non-hydrogen) atoms. The van der Waals surface area contributed by atoms with Gasteiger partial charge in [-0.1, -0.05) is 24.3 Å². The number of furan rings is 1. The molecule has 2 aliphatic rings. The Kier molecular flexibility index (Phi) is 5.34. The van der Waals surface area contributed by atoms with Gasteiger partial charge in [0.25, 0.3) is 0 Å². The lowest BCUT2D eigenvalue weighted by Gasteiger charge is -2.39. The second-order valence-corrected chi connectivity index (χ2v) is 9.30. The number of para-hydroxylation sites is 2. The SMILES string of the molecule is Cc1nn(-c2ccccn2)c2c1C(c1ccco1)N1C(=N2)C(Nc2cccc(C(F)(F)F)c2)=Nc2ccccc21. The summed E-state index contributed by atoms with van der Waals surface area (Å²) < 4.78 is 48.0. The molecule has 0 aliphatic carbocycles. The molecular formula is C29H20F3N7O. The molecule has 0 saturated heterocycles. The van der Waals surface area contributed by atoms with Crippen molar-refractivity contribution in [1.29, 1.82) is 0 Å². The number of halogens is 3. The highest BCUT2D eigenvalue weighted by atomic mass is 19.4. The number of aryl methyl sites for hydroxylation is 1. The Bertz CT molecular complexity index is 1790. The topological polar surface area (TPSA) is 83.8 Å². The number of aliphatic imine (C=N–C) groups is 2. The molecule has 8 nitrogen and oxygen atoms in total. The maximum atomic E-state index is 13.5. The van der Waals surface area contributed by atoms with E-state index in [1.54, 1.807) is 23.2 Å². The van der Waals surface area contributed by atoms with Crippen molar-refractivity contribution in [3.63, 3.8) is 0 Å². The summed E-state index contributed by atoms with van der Waals surface area (Å²) in [5, 5.41) is 7.88. The Morgan fingerprint density at radius 2 is 1.77 bits per heavy atom. The fraction of sp³-hybridized carbons (Fsp3) is 0.103. The Labute approximate surface area is 226 Å². The van der Waals surface area contributed by atoms with Crippen LogP contribution in [0.4, 0.5) is 36.1 Å². The fourth-order valence-corrected chi connectivity index (χ4v) is 5.06. The minimum atomic E-state index is -4.49. The molecular weight excluding hydrogens is 519 g/mol. The van der Waals surface area contributed by atoms with Crippen molar-refractivity contribution in [2.75, 3.05) is 10.2 Å². The molecule has 0 bridgehead atoms. The van der Waals surface area contributed by atoms with Crippen LogP contribution < -0.4 is 10.2 Å². The maximum Gasteiger partial charge on any atom is 0.416 e. The Morgan fingerprint density at radius 3 is 2.55 bits per heavy atom. The molecule has 1 atom stereocenters. The van der Waals surface area contributed by atoms with Crippen molar-refractivity contribution in [2.45, 2.75) is 19.1 Å². The molecule has 5 heterocycles. The molecule has 2 aliphatic heterocycles. The Hall–Kier alpha value is -5.19. The van der Waals surface area contributed by atoms with E-state index in [0.717, 1.165) is 29.1 Å². The smallest absolute Gasteiger partial charge is 0.416 e. The molecule has 198 valence electrons. The molecule has 3 aromatic heterocycles. The molecule has 0 saturated carbocycles. The van der Waals surface area contributed by atoms with E-state index in [9.17, 15) is 13.2 Å². The number of hydrogen-bond acceptors (Lipinski definition) is 7. The number of pyridine rings is 1. The quantitative estimate of drug-likeness (QED) is 0.267. The van der Waals surface area contributed by atoms with Crippen LogP contribution in [0.5, 0.6) is 0 Å². The number of fused-ring (bicyclic) bond motifs is 4. The van der Waals surface area contributed by atoms with E-state index in [2.05, 4.69) is 10.3 Å². The number of anilines is 2. The van der Waals surface area contributed by atoms with Gasteiger partial charge in [0.1, 0.15) is 11.8 Å². The van der Waals surface area contributed by atoms with Gasteiger partial charge in [0.05, 0.1) is 34.5 Å². The standard InChI is InChI=1S/C29H20F3N7O/c1-17-24-25(22-12-7-15-40-22)38-21-11-3-2-10-20(21)35-26(34-19-9-6-8-18(16-19)29(30,31)32)28(38)36-27(24)39(37-17)23-13-4-5-14-33-23/h2-16,25H,1H3,(H,34,35). The molecule has 0 amide bonds. The van der Waals surface area contributed by atoms with E-state index in [1.165, 1.54) is 6.07 Å². The number of benzene rings is 2. The third-order valence-corrected chi connectivity index (χ3v) is 6.77. The van der Waals surface area contributed by atoms with Gasteiger partial charge in [-0.25, -0.2) is 15.0 Å². The van der Waals surface area contributed by atoms with Crippen LogP contribution in [0.25, 0.3) is 5.82 Å². The lowest BCUT2D eigenvalue weighted by atomic mass is 9.98. The highest BCUT2D eigenvalue weighted by Crippen LogP contribution is 2.48. The van der Waals surface area contributed by atoms with Crippen LogP contribution in [0, 0.1) is 6.92 Å². The van der Waals surface area contributed by atoms with Crippen molar-refractivity contribution < 1.29 is 17.6 Å². The molecule has 0 spiro atoms. The van der Waals surface area contributed by atoms with Gasteiger partial charge in [-0.2, -0.15) is 23.0 Å². The van der Waals surface area contributed by atoms with Gasteiger partial charge in [-0.3, -0.25) is 0 Å². The lowest BCUT2D eigenvalue weighted by Crippen LogP contribution is -2.46. The van der Waals surface area contributed by atoms with Gasteiger partial charge < -0.3 is 14.6 Å². The zero-order valence-electron chi connectivity index (χ0n) is 21.0. The third kappa shape index (κ3) is 3.85. The molecule has 7 rings (SSSR count). The third-order valence-electron chi connectivity index (χ3n) is 6.77. The number of rotatable bonds is 3. The van der Waals surface area contributed by atoms with Crippen LogP contribution >= 0.6 is 0 Å². The monoisotopic (exact) mass is 539 g/mol. The predicted octanol–water partition coefficient (Wildman–Crippen LogP) is 6.98. The van der Waals surface area contributed by atoms with Crippen LogP contribution in [-0.2, 0) is 6.18 Å². The van der Waals surface area contributed by atoms with E-state index in [1.807, 2.05) is 66.4 Å². The molecule has 1 unspecified atom stereocenters. The summed E-state index contributed by atoms with van der Waals surface area (Å²) in [5.74, 6) is 2.44. The second-order valence-electron chi connectivity index (χ2n) is 9.30. The maximum absolute atomic E-state index is 13.5. The van der Waals surface area contributed by atoms with E-state index >= 15 is 0 Å². The summed E-state index contributed by atoms with van der Waals surface area (Å²) in [4.78, 5) is 16.3. The van der Waals surface area contributed by atoms with Gasteiger partial charge in [0.15, 0.2) is 23.3 Å². The number of nitrogens with zero attached hydrogens (tertiary/aromatic N) is 6. The Morgan fingerprint density at radius 1 is 0.925 bits per heavy atom. The summed E-state index contributed by atoms with van der Waals surface area (Å²) in [6, 6.07) is 21.2. The van der Waals surface area contributed by atoms with E-state index in [0.29, 0.717) is 28.9 Å².